The molecule has 25 heavy (non-hydrogen) atoms. The topological polar surface area (TPSA) is 101 Å². The molecule has 2 heterocycles. The normalized spacial score (nSPS) is 10.8. The van der Waals surface area contributed by atoms with Gasteiger partial charge in [0, 0.05) is 24.4 Å². The van der Waals surface area contributed by atoms with E-state index in [1.807, 2.05) is 24.4 Å². The molecule has 0 aromatic carbocycles. The van der Waals surface area contributed by atoms with Crippen LogP contribution in [0.2, 0.25) is 0 Å². The molecule has 0 saturated carbocycles. The molecular weight excluding hydrogens is 340 g/mol. The molecule has 2 aromatic rings. The van der Waals surface area contributed by atoms with Crippen LogP contribution in [0.25, 0.3) is 0 Å². The first kappa shape index (κ1) is 19.0. The molecule has 1 amide bonds. The Balaban J connectivity index is 2.31. The van der Waals surface area contributed by atoms with E-state index in [9.17, 15) is 14.4 Å². The van der Waals surface area contributed by atoms with Crippen molar-refractivity contribution >= 4 is 28.7 Å². The summed E-state index contributed by atoms with van der Waals surface area (Å²) in [7, 11) is 0. The number of hydrogen-bond acceptors (Lipinski definition) is 5. The second-order valence-electron chi connectivity index (χ2n) is 5.72. The summed E-state index contributed by atoms with van der Waals surface area (Å²) in [4.78, 5) is 41.7. The van der Waals surface area contributed by atoms with Crippen molar-refractivity contribution in [2.75, 3.05) is 17.2 Å². The molecule has 2 aromatic heterocycles. The van der Waals surface area contributed by atoms with Gasteiger partial charge in [-0.3, -0.25) is 19.1 Å². The van der Waals surface area contributed by atoms with Crippen molar-refractivity contribution < 1.29 is 4.79 Å². The number of rotatable bonds is 8. The lowest BCUT2D eigenvalue weighted by molar-refractivity contribution is -0.118. The summed E-state index contributed by atoms with van der Waals surface area (Å²) < 4.78 is 1.33. The zero-order valence-corrected chi connectivity index (χ0v) is 15.4. The number of amides is 1. The number of anilines is 2. The fraction of sp³-hybridized carbons (Fsp3) is 0.471. The molecule has 8 heteroatoms. The van der Waals surface area contributed by atoms with Crippen molar-refractivity contribution in [2.45, 2.75) is 46.1 Å². The number of thiophene rings is 1. The van der Waals surface area contributed by atoms with E-state index in [1.165, 1.54) is 9.47 Å². The maximum atomic E-state index is 12.6. The maximum Gasteiger partial charge on any atom is 0.330 e. The Labute approximate surface area is 150 Å². The zero-order valence-electron chi connectivity index (χ0n) is 14.6. The van der Waals surface area contributed by atoms with Crippen LogP contribution >= 0.6 is 11.3 Å². The third-order valence-corrected chi connectivity index (χ3v) is 4.94. The number of hydrogen-bond donors (Lipinski definition) is 2. The predicted molar refractivity (Wildman–Crippen MR) is 101 cm³/mol. The Morgan fingerprint density at radius 1 is 1.36 bits per heavy atom. The highest BCUT2D eigenvalue weighted by molar-refractivity contribution is 7.09. The minimum absolute atomic E-state index is 0.0496. The number of nitrogen functional groups attached to an aromatic ring is 1. The molecule has 0 fully saturated rings. The fourth-order valence-electron chi connectivity index (χ4n) is 2.66. The van der Waals surface area contributed by atoms with Gasteiger partial charge in [-0.2, -0.15) is 0 Å². The maximum absolute atomic E-state index is 12.6. The molecule has 0 aliphatic carbocycles. The van der Waals surface area contributed by atoms with Crippen molar-refractivity contribution in [1.82, 2.24) is 9.55 Å². The predicted octanol–water partition coefficient (Wildman–Crippen LogP) is 1.97. The van der Waals surface area contributed by atoms with E-state index in [0.717, 1.165) is 17.7 Å². The second kappa shape index (κ2) is 8.66. The van der Waals surface area contributed by atoms with Crippen LogP contribution in [-0.2, 0) is 17.8 Å². The largest absolute Gasteiger partial charge is 0.383 e. The van der Waals surface area contributed by atoms with E-state index in [4.69, 9.17) is 5.73 Å². The molecule has 2 rings (SSSR count). The summed E-state index contributed by atoms with van der Waals surface area (Å²) in [5.41, 5.74) is 4.98. The van der Waals surface area contributed by atoms with Gasteiger partial charge in [0.2, 0.25) is 5.91 Å². The fourth-order valence-corrected chi connectivity index (χ4v) is 3.36. The Morgan fingerprint density at radius 3 is 2.72 bits per heavy atom. The van der Waals surface area contributed by atoms with Crippen molar-refractivity contribution in [3.8, 4) is 0 Å². The summed E-state index contributed by atoms with van der Waals surface area (Å²) in [6.07, 6.45) is 2.53. The van der Waals surface area contributed by atoms with E-state index in [2.05, 4.69) is 4.98 Å². The molecule has 0 aliphatic heterocycles. The molecule has 0 aliphatic rings. The standard InChI is InChI=1S/C17H24N4O3S/c1-3-5-10-21-15(18)14(16(23)19-17(21)24)20(4-2)13(22)9-8-12-7-6-11-25-12/h6-7,11H,3-5,8-10,18H2,1-2H3,(H,19,23,24). The Hall–Kier alpha value is -2.35. The number of carbonyl (C=O) groups excluding carboxylic acids is 1. The zero-order chi connectivity index (χ0) is 18.4. The van der Waals surface area contributed by atoms with E-state index >= 15 is 0 Å². The first-order chi connectivity index (χ1) is 12.0. The van der Waals surface area contributed by atoms with Gasteiger partial charge in [0.15, 0.2) is 5.69 Å². The van der Waals surface area contributed by atoms with E-state index < -0.39 is 11.2 Å². The van der Waals surface area contributed by atoms with Crippen LogP contribution in [0.1, 0.15) is 38.0 Å². The Kier molecular flexibility index (Phi) is 6.58. The van der Waals surface area contributed by atoms with Crippen LogP contribution in [-0.4, -0.2) is 22.0 Å². The summed E-state index contributed by atoms with van der Waals surface area (Å²) in [5, 5.41) is 1.96. The van der Waals surface area contributed by atoms with Gasteiger partial charge in [-0.15, -0.1) is 11.3 Å². The molecule has 0 saturated heterocycles. The number of nitrogens with zero attached hydrogens (tertiary/aromatic N) is 2. The number of nitrogens with one attached hydrogen (secondary N) is 1. The van der Waals surface area contributed by atoms with Gasteiger partial charge in [-0.25, -0.2) is 4.79 Å². The monoisotopic (exact) mass is 364 g/mol. The van der Waals surface area contributed by atoms with Crippen LogP contribution in [0.5, 0.6) is 0 Å². The van der Waals surface area contributed by atoms with Gasteiger partial charge in [0.25, 0.3) is 5.56 Å². The molecular formula is C17H24N4O3S. The Morgan fingerprint density at radius 2 is 2.12 bits per heavy atom. The lowest BCUT2D eigenvalue weighted by Crippen LogP contribution is -2.41. The number of aromatic nitrogens is 2. The highest BCUT2D eigenvalue weighted by atomic mass is 32.1. The molecule has 0 spiro atoms. The summed E-state index contributed by atoms with van der Waals surface area (Å²) in [5.74, 6) is -0.137. The first-order valence-electron chi connectivity index (χ1n) is 8.44. The third kappa shape index (κ3) is 4.39. The Bertz CT molecular complexity index is 823. The van der Waals surface area contributed by atoms with E-state index in [0.29, 0.717) is 19.5 Å². The SMILES string of the molecule is CCCCn1c(N)c(N(CC)C(=O)CCc2cccs2)c(=O)[nH]c1=O. The van der Waals surface area contributed by atoms with Gasteiger partial charge in [0.05, 0.1) is 0 Å². The van der Waals surface area contributed by atoms with Gasteiger partial charge in [-0.05, 0) is 31.2 Å². The van der Waals surface area contributed by atoms with Gasteiger partial charge < -0.3 is 10.6 Å². The first-order valence-corrected chi connectivity index (χ1v) is 9.32. The number of aryl methyl sites for hydroxylation is 1. The highest BCUT2D eigenvalue weighted by Crippen LogP contribution is 2.19. The third-order valence-electron chi connectivity index (χ3n) is 4.00. The number of nitrogens with two attached hydrogens (primary N) is 1. The van der Waals surface area contributed by atoms with Crippen molar-refractivity contribution in [3.05, 3.63) is 43.2 Å². The lowest BCUT2D eigenvalue weighted by Gasteiger charge is -2.23. The second-order valence-corrected chi connectivity index (χ2v) is 6.75. The van der Waals surface area contributed by atoms with Crippen LogP contribution in [0, 0.1) is 0 Å². The average molecular weight is 364 g/mol. The summed E-state index contributed by atoms with van der Waals surface area (Å²) in [6.45, 7) is 4.50. The van der Waals surface area contributed by atoms with Gasteiger partial charge in [0.1, 0.15) is 5.82 Å². The highest BCUT2D eigenvalue weighted by Gasteiger charge is 2.22. The lowest BCUT2D eigenvalue weighted by atomic mass is 10.2. The molecule has 3 N–H and O–H groups in total. The van der Waals surface area contributed by atoms with Crippen LogP contribution in [0.15, 0.2) is 27.1 Å². The molecule has 0 bridgehead atoms. The van der Waals surface area contributed by atoms with Crippen LogP contribution in [0.3, 0.4) is 0 Å². The molecule has 136 valence electrons. The van der Waals surface area contributed by atoms with Crippen LogP contribution < -0.4 is 21.9 Å². The van der Waals surface area contributed by atoms with Crippen LogP contribution in [0.4, 0.5) is 11.5 Å². The van der Waals surface area contributed by atoms with Crippen molar-refractivity contribution in [1.29, 1.82) is 0 Å². The number of aromatic amines is 1. The molecule has 0 unspecified atom stereocenters. The van der Waals surface area contributed by atoms with E-state index in [1.54, 1.807) is 18.3 Å². The summed E-state index contributed by atoms with van der Waals surface area (Å²) in [6, 6.07) is 3.91. The molecule has 0 radical (unpaired) electrons. The van der Waals surface area contributed by atoms with Gasteiger partial charge in [-0.1, -0.05) is 19.4 Å². The minimum atomic E-state index is -0.624. The van der Waals surface area contributed by atoms with Crippen molar-refractivity contribution in [3.63, 3.8) is 0 Å². The van der Waals surface area contributed by atoms with Gasteiger partial charge >= 0.3 is 5.69 Å². The molecule has 7 nitrogen and oxygen atoms in total. The number of H-pyrrole nitrogens is 1. The molecule has 0 atom stereocenters. The number of carbonyl (C=O) groups is 1. The summed E-state index contributed by atoms with van der Waals surface area (Å²) >= 11 is 1.59. The quantitative estimate of drug-likeness (QED) is 0.747. The number of unbranched alkanes of at least 4 members (excludes halogenated alkanes) is 1. The average Bonchev–Trinajstić information content (AvgIpc) is 3.09. The minimum Gasteiger partial charge on any atom is -0.383 e. The smallest absolute Gasteiger partial charge is 0.330 e. The van der Waals surface area contributed by atoms with E-state index in [-0.39, 0.29) is 23.8 Å². The van der Waals surface area contributed by atoms with Crippen molar-refractivity contribution in [2.24, 2.45) is 0 Å².